The molecule has 0 saturated heterocycles. The number of aromatic nitrogens is 4. The van der Waals surface area contributed by atoms with Gasteiger partial charge in [0, 0.05) is 6.04 Å². The van der Waals surface area contributed by atoms with Crippen molar-refractivity contribution in [1.82, 2.24) is 25.1 Å². The fraction of sp³-hybridized carbons (Fsp3) is 0.333. The van der Waals surface area contributed by atoms with Crippen LogP contribution in [-0.2, 0) is 6.54 Å². The molecule has 1 aliphatic carbocycles. The molecule has 6 nitrogen and oxygen atoms in total. The molecule has 1 saturated carbocycles. The first kappa shape index (κ1) is 16.9. The molecule has 130 valence electrons. The molecule has 3 aromatic heterocycles. The normalized spacial score (nSPS) is 14.0. The van der Waals surface area contributed by atoms with E-state index >= 15 is 0 Å². The number of carbonyl (C=O) groups excluding carboxylic acids is 1. The van der Waals surface area contributed by atoms with E-state index in [0.29, 0.717) is 32.3 Å². The van der Waals surface area contributed by atoms with Crippen molar-refractivity contribution in [3.8, 4) is 9.88 Å². The maximum absolute atomic E-state index is 12.6. The van der Waals surface area contributed by atoms with E-state index in [9.17, 15) is 4.79 Å². The lowest BCUT2D eigenvalue weighted by atomic mass is 10.3. The maximum atomic E-state index is 12.6. The lowest BCUT2D eigenvalue weighted by molar-refractivity contribution is 0.0952. The van der Waals surface area contributed by atoms with Gasteiger partial charge < -0.3 is 5.32 Å². The Kier molecular flexibility index (Phi) is 4.48. The van der Waals surface area contributed by atoms with Gasteiger partial charge in [-0.25, -0.2) is 4.98 Å². The van der Waals surface area contributed by atoms with Crippen LogP contribution in [0.3, 0.4) is 0 Å². The molecule has 2 N–H and O–H groups in total. The van der Waals surface area contributed by atoms with Crippen LogP contribution in [0.5, 0.6) is 0 Å². The molecule has 0 unspecified atom stereocenters. The number of amides is 1. The second kappa shape index (κ2) is 6.64. The third-order valence-electron chi connectivity index (χ3n) is 3.88. The fourth-order valence-corrected chi connectivity index (χ4v) is 4.93. The highest BCUT2D eigenvalue weighted by atomic mass is 35.5. The summed E-state index contributed by atoms with van der Waals surface area (Å²) in [5.74, 6) is 0.605. The predicted octanol–water partition coefficient (Wildman–Crippen LogP) is 4.35. The van der Waals surface area contributed by atoms with Gasteiger partial charge in [-0.3, -0.25) is 14.5 Å². The first-order valence-corrected chi connectivity index (χ1v) is 10.1. The summed E-state index contributed by atoms with van der Waals surface area (Å²) >= 11 is 14.1. The number of hydrogen-bond donors (Lipinski definition) is 2. The Morgan fingerprint density at radius 1 is 1.48 bits per heavy atom. The minimum Gasteiger partial charge on any atom is -0.344 e. The number of aromatic amines is 1. The molecule has 0 aliphatic heterocycles. The van der Waals surface area contributed by atoms with Crippen LogP contribution in [0, 0.1) is 11.7 Å². The molecule has 3 aromatic rings. The highest BCUT2D eigenvalue weighted by Gasteiger charge is 2.27. The van der Waals surface area contributed by atoms with Gasteiger partial charge in [-0.2, -0.15) is 5.10 Å². The first-order valence-electron chi connectivity index (χ1n) is 7.70. The molecule has 0 radical (unpaired) electrons. The first-order chi connectivity index (χ1) is 12.0. The van der Waals surface area contributed by atoms with Gasteiger partial charge in [-0.1, -0.05) is 11.6 Å². The molecular weight excluding hydrogens is 398 g/mol. The van der Waals surface area contributed by atoms with Crippen LogP contribution in [0.4, 0.5) is 0 Å². The summed E-state index contributed by atoms with van der Waals surface area (Å²) in [6, 6.07) is 4.16. The van der Waals surface area contributed by atoms with Crippen LogP contribution >= 0.6 is 46.5 Å². The van der Waals surface area contributed by atoms with Gasteiger partial charge >= 0.3 is 0 Å². The van der Waals surface area contributed by atoms with Crippen LogP contribution in [0.15, 0.2) is 12.1 Å². The number of halogens is 1. The van der Waals surface area contributed by atoms with Crippen molar-refractivity contribution >= 4 is 52.4 Å². The van der Waals surface area contributed by atoms with Crippen LogP contribution in [-0.4, -0.2) is 25.7 Å². The largest absolute Gasteiger partial charge is 0.344 e. The minimum atomic E-state index is -0.153. The quantitative estimate of drug-likeness (QED) is 0.612. The maximum Gasteiger partial charge on any atom is 0.263 e. The van der Waals surface area contributed by atoms with Gasteiger partial charge in [-0.05, 0) is 44.1 Å². The molecular formula is C15H14ClN5OS3. The predicted molar refractivity (Wildman–Crippen MR) is 102 cm³/mol. The van der Waals surface area contributed by atoms with E-state index in [-0.39, 0.29) is 5.91 Å². The van der Waals surface area contributed by atoms with Gasteiger partial charge in [-0.15, -0.1) is 22.7 Å². The average molecular weight is 412 g/mol. The van der Waals surface area contributed by atoms with Crippen molar-refractivity contribution in [2.75, 3.05) is 0 Å². The Bertz CT molecular complexity index is 997. The van der Waals surface area contributed by atoms with E-state index in [1.54, 1.807) is 0 Å². The van der Waals surface area contributed by atoms with E-state index in [1.165, 1.54) is 22.7 Å². The van der Waals surface area contributed by atoms with E-state index in [0.717, 1.165) is 28.6 Å². The summed E-state index contributed by atoms with van der Waals surface area (Å²) in [5.41, 5.74) is 0.711. The SMILES string of the molecule is Cc1nc(-c2ccc(Cl)s2)sc1C(=O)NCc1n[nH]c(=S)n1C1CC1. The molecule has 4 rings (SSSR count). The van der Waals surface area contributed by atoms with Gasteiger partial charge in [0.1, 0.15) is 9.88 Å². The van der Waals surface area contributed by atoms with Gasteiger partial charge in [0.15, 0.2) is 10.6 Å². The number of aryl methyl sites for hydroxylation is 1. The molecule has 1 fully saturated rings. The van der Waals surface area contributed by atoms with E-state index in [2.05, 4.69) is 20.5 Å². The van der Waals surface area contributed by atoms with Gasteiger partial charge in [0.2, 0.25) is 0 Å². The van der Waals surface area contributed by atoms with Crippen molar-refractivity contribution in [3.05, 3.63) is 37.6 Å². The van der Waals surface area contributed by atoms with Crippen molar-refractivity contribution in [3.63, 3.8) is 0 Å². The summed E-state index contributed by atoms with van der Waals surface area (Å²) in [4.78, 5) is 18.6. The van der Waals surface area contributed by atoms with Gasteiger partial charge in [0.05, 0.1) is 21.5 Å². The third kappa shape index (κ3) is 3.41. The van der Waals surface area contributed by atoms with Crippen LogP contribution in [0.2, 0.25) is 4.34 Å². The lowest BCUT2D eigenvalue weighted by Gasteiger charge is -2.06. The Balaban J connectivity index is 1.50. The van der Waals surface area contributed by atoms with Crippen LogP contribution in [0.1, 0.15) is 40.1 Å². The lowest BCUT2D eigenvalue weighted by Crippen LogP contribution is -2.24. The zero-order valence-corrected chi connectivity index (χ0v) is 16.4. The number of H-pyrrole nitrogens is 1. The minimum absolute atomic E-state index is 0.153. The molecule has 0 aromatic carbocycles. The molecule has 10 heteroatoms. The number of nitrogens with one attached hydrogen (secondary N) is 2. The van der Waals surface area contributed by atoms with E-state index < -0.39 is 0 Å². The number of rotatable bonds is 5. The average Bonchev–Trinajstić information content (AvgIpc) is 3.01. The second-order valence-corrected chi connectivity index (χ2v) is 8.87. The summed E-state index contributed by atoms with van der Waals surface area (Å²) < 4.78 is 3.31. The number of carbonyl (C=O) groups is 1. The summed E-state index contributed by atoms with van der Waals surface area (Å²) in [6.45, 7) is 2.17. The van der Waals surface area contributed by atoms with Crippen molar-refractivity contribution < 1.29 is 4.79 Å². The molecule has 0 spiro atoms. The summed E-state index contributed by atoms with van der Waals surface area (Å²) in [5, 5.41) is 10.8. The highest BCUT2D eigenvalue weighted by Crippen LogP contribution is 2.36. The molecule has 3 heterocycles. The monoisotopic (exact) mass is 411 g/mol. The molecule has 1 amide bonds. The second-order valence-electron chi connectivity index (χ2n) is 5.77. The van der Waals surface area contributed by atoms with Crippen molar-refractivity contribution in [1.29, 1.82) is 0 Å². The molecule has 0 atom stereocenters. The topological polar surface area (TPSA) is 75.6 Å². The molecule has 25 heavy (non-hydrogen) atoms. The van der Waals surface area contributed by atoms with Gasteiger partial charge in [0.25, 0.3) is 5.91 Å². The Labute approximate surface area is 161 Å². The molecule has 1 aliphatic rings. The highest BCUT2D eigenvalue weighted by molar-refractivity contribution is 7.71. The van der Waals surface area contributed by atoms with Crippen molar-refractivity contribution in [2.24, 2.45) is 0 Å². The van der Waals surface area contributed by atoms with Crippen molar-refractivity contribution in [2.45, 2.75) is 32.4 Å². The standard InChI is InChI=1S/C15H14ClN5OS3/c1-7-12(25-14(18-7)9-4-5-10(16)24-9)13(22)17-6-11-19-20-15(23)21(11)8-2-3-8/h4-5,8H,2-3,6H2,1H3,(H,17,22)(H,20,23). The number of thiophene rings is 1. The Hall–Kier alpha value is -1.55. The summed E-state index contributed by atoms with van der Waals surface area (Å²) in [7, 11) is 0. The number of thiazole rings is 1. The number of hydrogen-bond acceptors (Lipinski definition) is 6. The zero-order chi connectivity index (χ0) is 17.6. The Morgan fingerprint density at radius 3 is 2.96 bits per heavy atom. The zero-order valence-electron chi connectivity index (χ0n) is 13.2. The van der Waals surface area contributed by atoms with Crippen LogP contribution in [0.25, 0.3) is 9.88 Å². The number of nitrogens with zero attached hydrogens (tertiary/aromatic N) is 3. The van der Waals surface area contributed by atoms with E-state index in [1.807, 2.05) is 23.6 Å². The molecule has 0 bridgehead atoms. The fourth-order valence-electron chi connectivity index (χ4n) is 2.55. The Morgan fingerprint density at radius 2 is 2.28 bits per heavy atom. The smallest absolute Gasteiger partial charge is 0.263 e. The van der Waals surface area contributed by atoms with Crippen LogP contribution < -0.4 is 5.32 Å². The third-order valence-corrected chi connectivity index (χ3v) is 6.73. The summed E-state index contributed by atoms with van der Waals surface area (Å²) in [6.07, 6.45) is 2.21. The van der Waals surface area contributed by atoms with E-state index in [4.69, 9.17) is 23.8 Å².